The van der Waals surface area contributed by atoms with Crippen LogP contribution in [0.15, 0.2) is 60.1 Å². The van der Waals surface area contributed by atoms with Crippen LogP contribution in [0.2, 0.25) is 0 Å². The Morgan fingerprint density at radius 3 is 2.40 bits per heavy atom. The van der Waals surface area contributed by atoms with E-state index in [0.717, 1.165) is 52.9 Å². The highest BCUT2D eigenvalue weighted by Gasteiger charge is 2.45. The van der Waals surface area contributed by atoms with Crippen molar-refractivity contribution < 1.29 is 29.3 Å². The molecule has 3 saturated heterocycles. The van der Waals surface area contributed by atoms with Crippen LogP contribution in [0.5, 0.6) is 5.75 Å². The number of piperidine rings is 1. The summed E-state index contributed by atoms with van der Waals surface area (Å²) >= 11 is 1.58. The van der Waals surface area contributed by atoms with Crippen molar-refractivity contribution in [3.8, 4) is 27.4 Å². The number of nitrogens with one attached hydrogen (secondary N) is 2. The van der Waals surface area contributed by atoms with Crippen molar-refractivity contribution in [3.05, 3.63) is 71.4 Å². The van der Waals surface area contributed by atoms with Gasteiger partial charge in [0.2, 0.25) is 17.7 Å². The highest BCUT2D eigenvalue weighted by molar-refractivity contribution is 7.13. The molecule has 0 saturated carbocycles. The summed E-state index contributed by atoms with van der Waals surface area (Å²) in [7, 11) is 0. The summed E-state index contributed by atoms with van der Waals surface area (Å²) in [5.74, 6) is -0.770. The van der Waals surface area contributed by atoms with Crippen molar-refractivity contribution in [3.63, 3.8) is 0 Å². The van der Waals surface area contributed by atoms with E-state index in [4.69, 9.17) is 15.6 Å². The average Bonchev–Trinajstić information content (AvgIpc) is 4.00. The number of ether oxygens (including phenoxy) is 1. The molecule has 2 aromatic carbocycles. The maximum atomic E-state index is 14.2. The minimum absolute atomic E-state index is 0.0104. The van der Waals surface area contributed by atoms with E-state index >= 15 is 0 Å². The standard InChI is InChI=1S/C45H56N10O6S/c1-25(27-10-12-28(13-11-27)40-26(2)47-24-62-40)48-43(59)36-20-32(56)22-54(36)44(60)41(45(3,4)5)49-38(58)23-61-17-16-53-29-14-15-30(53)19-31(18-29)55-35-21-34(33-8-6-7-9-37(33)57)50-51-39(35)42(46)52-55/h6-13,21,24-25,29-32,36,41,56-57H,14-20,22-23H2,1-5H3,(H2,46,52)(H,48,59)(H,49,58)/t25-,29?,30?,31?,32+,36-,41+/m0/s1. The number of nitrogen functional groups attached to an aromatic ring is 1. The normalized spacial score (nSPS) is 22.5. The second-order valence-electron chi connectivity index (χ2n) is 18.0. The first-order valence-electron chi connectivity index (χ1n) is 21.4. The molecule has 6 atom stereocenters. The highest BCUT2D eigenvalue weighted by atomic mass is 32.1. The van der Waals surface area contributed by atoms with Crippen LogP contribution in [-0.2, 0) is 19.1 Å². The SMILES string of the molecule is Cc1ncsc1-c1ccc([C@H](C)NC(=O)[C@@H]2C[C@@H](O)CN2C(=O)[C@@H](NC(=O)COCCN2C3CCC2CC(n2nc(N)c4nnc(-c5ccccc5O)cc42)C3)C(C)(C)C)cc1. The highest BCUT2D eigenvalue weighted by Crippen LogP contribution is 2.42. The topological polar surface area (TPSA) is 214 Å². The number of fused-ring (bicyclic) bond motifs is 3. The van der Waals surface area contributed by atoms with Gasteiger partial charge in [-0.15, -0.1) is 21.5 Å². The van der Waals surface area contributed by atoms with Gasteiger partial charge >= 0.3 is 0 Å². The molecule has 17 heteroatoms. The summed E-state index contributed by atoms with van der Waals surface area (Å²) < 4.78 is 7.89. The average molecular weight is 865 g/mol. The molecule has 16 nitrogen and oxygen atoms in total. The Kier molecular flexibility index (Phi) is 12.3. The van der Waals surface area contributed by atoms with Gasteiger partial charge in [0.15, 0.2) is 11.3 Å². The lowest BCUT2D eigenvalue weighted by molar-refractivity contribution is -0.144. The number of aromatic nitrogens is 5. The van der Waals surface area contributed by atoms with E-state index in [1.54, 1.807) is 29.5 Å². The van der Waals surface area contributed by atoms with Crippen molar-refractivity contribution in [1.82, 2.24) is 45.4 Å². The number of phenolic OH excluding ortho intramolecular Hbond substituents is 1. The number of para-hydroxylation sites is 1. The van der Waals surface area contributed by atoms with Crippen LogP contribution in [0.3, 0.4) is 0 Å². The van der Waals surface area contributed by atoms with E-state index in [0.29, 0.717) is 47.8 Å². The maximum Gasteiger partial charge on any atom is 0.246 e. The number of phenols is 1. The Labute approximate surface area is 364 Å². The molecule has 62 heavy (non-hydrogen) atoms. The van der Waals surface area contributed by atoms with Crippen LogP contribution in [-0.4, -0.2) is 119 Å². The van der Waals surface area contributed by atoms with E-state index in [9.17, 15) is 24.6 Å². The van der Waals surface area contributed by atoms with Crippen molar-refractivity contribution >= 4 is 45.9 Å². The quantitative estimate of drug-likeness (QED) is 0.101. The molecule has 2 unspecified atom stereocenters. The largest absolute Gasteiger partial charge is 0.507 e. The lowest BCUT2D eigenvalue weighted by atomic mass is 9.85. The van der Waals surface area contributed by atoms with Gasteiger partial charge < -0.3 is 36.2 Å². The first kappa shape index (κ1) is 43.2. The number of carbonyl (C=O) groups excluding carboxylic acids is 3. The minimum atomic E-state index is -0.956. The maximum absolute atomic E-state index is 14.2. The number of aliphatic hydroxyl groups is 1. The van der Waals surface area contributed by atoms with Crippen LogP contribution >= 0.6 is 11.3 Å². The number of hydrogen-bond acceptors (Lipinski definition) is 13. The van der Waals surface area contributed by atoms with E-state index in [1.165, 1.54) is 4.90 Å². The van der Waals surface area contributed by atoms with Crippen LogP contribution in [0.25, 0.3) is 32.7 Å². The molecule has 2 bridgehead atoms. The number of amides is 3. The molecule has 3 amide bonds. The van der Waals surface area contributed by atoms with Gasteiger partial charge in [0, 0.05) is 37.2 Å². The van der Waals surface area contributed by atoms with E-state index in [2.05, 4.69) is 30.7 Å². The minimum Gasteiger partial charge on any atom is -0.507 e. The number of benzene rings is 2. The van der Waals surface area contributed by atoms with Crippen LogP contribution in [0.1, 0.15) is 83.1 Å². The Morgan fingerprint density at radius 1 is 1.00 bits per heavy atom. The number of hydrogen-bond donors (Lipinski definition) is 5. The Morgan fingerprint density at radius 2 is 1.73 bits per heavy atom. The number of nitrogens with two attached hydrogens (primary N) is 1. The predicted molar refractivity (Wildman–Crippen MR) is 236 cm³/mol. The van der Waals surface area contributed by atoms with Gasteiger partial charge in [-0.25, -0.2) is 4.98 Å². The molecule has 0 aliphatic carbocycles. The molecule has 328 valence electrons. The molecule has 0 radical (unpaired) electrons. The third kappa shape index (κ3) is 8.89. The van der Waals surface area contributed by atoms with E-state index < -0.39 is 35.4 Å². The van der Waals surface area contributed by atoms with Crippen molar-refractivity contribution in [2.24, 2.45) is 5.41 Å². The number of anilines is 1. The van der Waals surface area contributed by atoms with Crippen molar-refractivity contribution in [1.29, 1.82) is 0 Å². The molecule has 3 aromatic heterocycles. The summed E-state index contributed by atoms with van der Waals surface area (Å²) in [6, 6.07) is 15.4. The van der Waals surface area contributed by atoms with Gasteiger partial charge in [0.1, 0.15) is 24.4 Å². The third-order valence-electron chi connectivity index (χ3n) is 12.7. The number of aromatic hydroxyl groups is 1. The number of aliphatic hydroxyl groups excluding tert-OH is 1. The molecule has 8 rings (SSSR count). The summed E-state index contributed by atoms with van der Waals surface area (Å²) in [6.07, 6.45) is 3.03. The molecule has 3 aliphatic heterocycles. The van der Waals surface area contributed by atoms with Gasteiger partial charge in [0.25, 0.3) is 0 Å². The van der Waals surface area contributed by atoms with E-state index in [-0.39, 0.29) is 43.3 Å². The number of β-amino-alcohol motifs (C(OH)–C–C–N with tert-alkyl or cyclic N) is 1. The Bertz CT molecular complexity index is 2420. The summed E-state index contributed by atoms with van der Waals surface area (Å²) in [5, 5.41) is 40.4. The fraction of sp³-hybridized carbons (Fsp3) is 0.489. The second-order valence-corrected chi connectivity index (χ2v) is 18.8. The zero-order valence-corrected chi connectivity index (χ0v) is 36.6. The van der Waals surface area contributed by atoms with Gasteiger partial charge in [-0.3, -0.25) is 24.0 Å². The molecule has 6 N–H and O–H groups in total. The fourth-order valence-electron chi connectivity index (χ4n) is 9.42. The first-order chi connectivity index (χ1) is 29.7. The van der Waals surface area contributed by atoms with Crippen LogP contribution < -0.4 is 16.4 Å². The molecule has 3 aliphatic rings. The molecule has 0 spiro atoms. The monoisotopic (exact) mass is 864 g/mol. The smallest absolute Gasteiger partial charge is 0.246 e. The zero-order chi connectivity index (χ0) is 43.9. The number of rotatable bonds is 13. The van der Waals surface area contributed by atoms with Gasteiger partial charge in [-0.05, 0) is 74.3 Å². The summed E-state index contributed by atoms with van der Waals surface area (Å²) in [6.45, 7) is 10.2. The lowest BCUT2D eigenvalue weighted by Crippen LogP contribution is -2.58. The van der Waals surface area contributed by atoms with E-state index in [1.807, 2.05) is 81.2 Å². The zero-order valence-electron chi connectivity index (χ0n) is 35.8. The van der Waals surface area contributed by atoms with Crippen molar-refractivity contribution in [2.45, 2.75) is 109 Å². The first-order valence-corrected chi connectivity index (χ1v) is 22.3. The van der Waals surface area contributed by atoms with Gasteiger partial charge in [-0.2, -0.15) is 5.10 Å². The number of aryl methyl sites for hydroxylation is 1. The second kappa shape index (κ2) is 17.7. The Hall–Kier alpha value is -5.49. The number of likely N-dealkylation sites (tertiary alicyclic amines) is 1. The lowest BCUT2D eigenvalue weighted by Gasteiger charge is -2.39. The fourth-order valence-corrected chi connectivity index (χ4v) is 10.2. The van der Waals surface area contributed by atoms with Gasteiger partial charge in [-0.1, -0.05) is 57.2 Å². The van der Waals surface area contributed by atoms with Crippen LogP contribution in [0, 0.1) is 12.3 Å². The van der Waals surface area contributed by atoms with Gasteiger partial charge in [0.05, 0.1) is 52.1 Å². The summed E-state index contributed by atoms with van der Waals surface area (Å²) in [5.41, 5.74) is 12.8. The third-order valence-corrected chi connectivity index (χ3v) is 13.6. The Balaban J connectivity index is 0.839. The van der Waals surface area contributed by atoms with Crippen LogP contribution in [0.4, 0.5) is 5.82 Å². The molecular weight excluding hydrogens is 809 g/mol. The number of carbonyl (C=O) groups is 3. The number of nitrogens with zero attached hydrogens (tertiary/aromatic N) is 7. The molecular formula is C45H56N10O6S. The number of thiazole rings is 1. The molecule has 5 aromatic rings. The summed E-state index contributed by atoms with van der Waals surface area (Å²) in [4.78, 5) is 50.5. The molecule has 6 heterocycles. The predicted octanol–water partition coefficient (Wildman–Crippen LogP) is 4.77. The van der Waals surface area contributed by atoms with Crippen molar-refractivity contribution in [2.75, 3.05) is 32.0 Å². The molecule has 3 fully saturated rings.